The molecule has 2 rings (SSSR count). The average molecular weight is 250 g/mol. The minimum absolute atomic E-state index is 0.183. The predicted octanol–water partition coefficient (Wildman–Crippen LogP) is 2.81. The largest absolute Gasteiger partial charge is 0.399 e. The second-order valence-electron chi connectivity index (χ2n) is 4.25. The number of carbonyl (C=O) groups is 1. The Morgan fingerprint density at radius 3 is 2.74 bits per heavy atom. The summed E-state index contributed by atoms with van der Waals surface area (Å²) in [5.74, 6) is 2.35. The first-order chi connectivity index (χ1) is 9.10. The maximum atomic E-state index is 12.1. The van der Waals surface area contributed by atoms with Crippen LogP contribution in [-0.2, 0) is 0 Å². The number of benzene rings is 2. The standard InChI is InChI=1S/C16H14N2O/c1-3-12-5-4-6-14(10-12)18-16(19)13-7-8-15(17)11(2)9-13/h1,4-10H,17H2,2H3,(H,18,19). The molecule has 0 aliphatic heterocycles. The summed E-state index contributed by atoms with van der Waals surface area (Å²) < 4.78 is 0. The highest BCUT2D eigenvalue weighted by Crippen LogP contribution is 2.15. The molecule has 2 aromatic carbocycles. The third-order valence-electron chi connectivity index (χ3n) is 2.82. The minimum Gasteiger partial charge on any atom is -0.399 e. The van der Waals surface area contributed by atoms with E-state index in [1.165, 1.54) is 0 Å². The molecule has 19 heavy (non-hydrogen) atoms. The molecule has 0 atom stereocenters. The van der Waals surface area contributed by atoms with Crippen LogP contribution in [0.1, 0.15) is 21.5 Å². The van der Waals surface area contributed by atoms with E-state index in [0.717, 1.165) is 11.1 Å². The molecule has 0 bridgehead atoms. The molecule has 2 aromatic rings. The average Bonchev–Trinajstić information content (AvgIpc) is 2.42. The number of nitrogen functional groups attached to an aromatic ring is 1. The van der Waals surface area contributed by atoms with Gasteiger partial charge in [0, 0.05) is 22.5 Å². The number of nitrogens with two attached hydrogens (primary N) is 1. The lowest BCUT2D eigenvalue weighted by molar-refractivity contribution is 0.102. The molecule has 94 valence electrons. The van der Waals surface area contributed by atoms with E-state index in [2.05, 4.69) is 11.2 Å². The van der Waals surface area contributed by atoms with Crippen molar-refractivity contribution < 1.29 is 4.79 Å². The Bertz CT molecular complexity index is 669. The number of carbonyl (C=O) groups excluding carboxylic acids is 1. The highest BCUT2D eigenvalue weighted by atomic mass is 16.1. The highest BCUT2D eigenvalue weighted by Gasteiger charge is 2.07. The summed E-state index contributed by atoms with van der Waals surface area (Å²) in [6.07, 6.45) is 5.32. The smallest absolute Gasteiger partial charge is 0.255 e. The number of aryl methyl sites for hydroxylation is 1. The van der Waals surface area contributed by atoms with Gasteiger partial charge in [-0.05, 0) is 48.9 Å². The molecule has 0 saturated heterocycles. The number of hydrogen-bond acceptors (Lipinski definition) is 2. The molecule has 0 aromatic heterocycles. The molecule has 0 saturated carbocycles. The summed E-state index contributed by atoms with van der Waals surface area (Å²) in [4.78, 5) is 12.1. The minimum atomic E-state index is -0.183. The van der Waals surface area contributed by atoms with Gasteiger partial charge in [-0.25, -0.2) is 0 Å². The molecule has 1 amide bonds. The molecule has 0 fully saturated rings. The molecule has 0 heterocycles. The summed E-state index contributed by atoms with van der Waals surface area (Å²) in [6.45, 7) is 1.87. The molecular formula is C16H14N2O. The van der Waals surface area contributed by atoms with Crippen molar-refractivity contribution in [2.45, 2.75) is 6.92 Å². The second kappa shape index (κ2) is 5.28. The Hall–Kier alpha value is -2.73. The van der Waals surface area contributed by atoms with Crippen LogP contribution in [0.3, 0.4) is 0 Å². The quantitative estimate of drug-likeness (QED) is 0.636. The summed E-state index contributed by atoms with van der Waals surface area (Å²) in [6, 6.07) is 12.3. The van der Waals surface area contributed by atoms with Gasteiger partial charge in [-0.1, -0.05) is 12.0 Å². The van der Waals surface area contributed by atoms with Gasteiger partial charge in [-0.15, -0.1) is 6.42 Å². The van der Waals surface area contributed by atoms with Crippen LogP contribution in [0.2, 0.25) is 0 Å². The molecule has 0 spiro atoms. The van der Waals surface area contributed by atoms with Crippen molar-refractivity contribution in [1.29, 1.82) is 0 Å². The molecular weight excluding hydrogens is 236 g/mol. The molecule has 3 heteroatoms. The Balaban J connectivity index is 2.21. The number of rotatable bonds is 2. The number of amides is 1. The van der Waals surface area contributed by atoms with Gasteiger partial charge in [0.15, 0.2) is 0 Å². The van der Waals surface area contributed by atoms with Crippen molar-refractivity contribution in [2.24, 2.45) is 0 Å². The van der Waals surface area contributed by atoms with Crippen molar-refractivity contribution >= 4 is 17.3 Å². The fraction of sp³-hybridized carbons (Fsp3) is 0.0625. The summed E-state index contributed by atoms with van der Waals surface area (Å²) >= 11 is 0. The van der Waals surface area contributed by atoms with E-state index in [1.54, 1.807) is 36.4 Å². The third kappa shape index (κ3) is 2.93. The summed E-state index contributed by atoms with van der Waals surface area (Å²) in [5.41, 5.74) is 9.25. The maximum absolute atomic E-state index is 12.1. The Morgan fingerprint density at radius 1 is 1.26 bits per heavy atom. The lowest BCUT2D eigenvalue weighted by Crippen LogP contribution is -2.12. The number of hydrogen-bond donors (Lipinski definition) is 2. The lowest BCUT2D eigenvalue weighted by Gasteiger charge is -2.07. The first kappa shape index (κ1) is 12.7. The van der Waals surface area contributed by atoms with Gasteiger partial charge in [-0.2, -0.15) is 0 Å². The topological polar surface area (TPSA) is 55.1 Å². The van der Waals surface area contributed by atoms with Crippen molar-refractivity contribution in [3.8, 4) is 12.3 Å². The molecule has 0 aliphatic carbocycles. The number of nitrogens with one attached hydrogen (secondary N) is 1. The lowest BCUT2D eigenvalue weighted by atomic mass is 10.1. The fourth-order valence-electron chi connectivity index (χ4n) is 1.71. The van der Waals surface area contributed by atoms with E-state index in [1.807, 2.05) is 13.0 Å². The van der Waals surface area contributed by atoms with Gasteiger partial charge in [-0.3, -0.25) is 4.79 Å². The summed E-state index contributed by atoms with van der Waals surface area (Å²) in [7, 11) is 0. The van der Waals surface area contributed by atoms with E-state index >= 15 is 0 Å². The van der Waals surface area contributed by atoms with Gasteiger partial charge in [0.2, 0.25) is 0 Å². The van der Waals surface area contributed by atoms with Crippen LogP contribution >= 0.6 is 0 Å². The number of terminal acetylenes is 1. The van der Waals surface area contributed by atoms with E-state index in [9.17, 15) is 4.79 Å². The van der Waals surface area contributed by atoms with Gasteiger partial charge in [0.1, 0.15) is 0 Å². The van der Waals surface area contributed by atoms with Crippen molar-refractivity contribution in [1.82, 2.24) is 0 Å². The Labute approximate surface area is 112 Å². The van der Waals surface area contributed by atoms with Crippen LogP contribution < -0.4 is 11.1 Å². The van der Waals surface area contributed by atoms with Crippen molar-refractivity contribution in [2.75, 3.05) is 11.1 Å². The SMILES string of the molecule is C#Cc1cccc(NC(=O)c2ccc(N)c(C)c2)c1. The first-order valence-electron chi connectivity index (χ1n) is 5.84. The van der Waals surface area contributed by atoms with E-state index in [0.29, 0.717) is 16.9 Å². The van der Waals surface area contributed by atoms with Crippen LogP contribution in [0.4, 0.5) is 11.4 Å². The van der Waals surface area contributed by atoms with Crippen LogP contribution in [0.25, 0.3) is 0 Å². The van der Waals surface area contributed by atoms with Gasteiger partial charge < -0.3 is 11.1 Å². The molecule has 0 unspecified atom stereocenters. The third-order valence-corrected chi connectivity index (χ3v) is 2.82. The summed E-state index contributed by atoms with van der Waals surface area (Å²) in [5, 5.41) is 2.80. The van der Waals surface area contributed by atoms with Crippen LogP contribution in [0.5, 0.6) is 0 Å². The Kier molecular flexibility index (Phi) is 3.53. The van der Waals surface area contributed by atoms with Gasteiger partial charge in [0.05, 0.1) is 0 Å². The molecule has 0 radical (unpaired) electrons. The zero-order valence-electron chi connectivity index (χ0n) is 10.6. The molecule has 3 nitrogen and oxygen atoms in total. The molecule has 0 aliphatic rings. The van der Waals surface area contributed by atoms with Gasteiger partial charge >= 0.3 is 0 Å². The maximum Gasteiger partial charge on any atom is 0.255 e. The number of anilines is 2. The van der Waals surface area contributed by atoms with Crippen molar-refractivity contribution in [3.63, 3.8) is 0 Å². The van der Waals surface area contributed by atoms with E-state index in [4.69, 9.17) is 12.2 Å². The fourth-order valence-corrected chi connectivity index (χ4v) is 1.71. The van der Waals surface area contributed by atoms with E-state index < -0.39 is 0 Å². The Morgan fingerprint density at radius 2 is 2.05 bits per heavy atom. The normalized spacial score (nSPS) is 9.68. The van der Waals surface area contributed by atoms with Gasteiger partial charge in [0.25, 0.3) is 5.91 Å². The second-order valence-corrected chi connectivity index (χ2v) is 4.25. The van der Waals surface area contributed by atoms with Crippen LogP contribution in [-0.4, -0.2) is 5.91 Å². The van der Waals surface area contributed by atoms with E-state index in [-0.39, 0.29) is 5.91 Å². The highest BCUT2D eigenvalue weighted by molar-refractivity contribution is 6.04. The zero-order chi connectivity index (χ0) is 13.8. The molecule has 3 N–H and O–H groups in total. The predicted molar refractivity (Wildman–Crippen MR) is 77.9 cm³/mol. The van der Waals surface area contributed by atoms with Crippen LogP contribution in [0.15, 0.2) is 42.5 Å². The van der Waals surface area contributed by atoms with Crippen molar-refractivity contribution in [3.05, 3.63) is 59.2 Å². The van der Waals surface area contributed by atoms with Crippen LogP contribution in [0, 0.1) is 19.3 Å². The zero-order valence-corrected chi connectivity index (χ0v) is 10.6. The monoisotopic (exact) mass is 250 g/mol. The first-order valence-corrected chi connectivity index (χ1v) is 5.84.